The lowest BCUT2D eigenvalue weighted by Crippen LogP contribution is -2.37. The smallest absolute Gasteiger partial charge is 0.324 e. The summed E-state index contributed by atoms with van der Waals surface area (Å²) in [7, 11) is 2.97. The van der Waals surface area contributed by atoms with Crippen molar-refractivity contribution in [2.75, 3.05) is 18.4 Å². The summed E-state index contributed by atoms with van der Waals surface area (Å²) >= 11 is 0. The molecule has 1 saturated heterocycles. The molecule has 1 aliphatic heterocycles. The number of pyridine rings is 1. The van der Waals surface area contributed by atoms with Gasteiger partial charge < -0.3 is 10.6 Å². The van der Waals surface area contributed by atoms with E-state index in [-0.39, 0.29) is 36.6 Å². The highest BCUT2D eigenvalue weighted by atomic mass is 35.5. The van der Waals surface area contributed by atoms with Crippen LogP contribution in [0, 0.1) is 5.92 Å². The maximum atomic E-state index is 12.2. The minimum Gasteiger partial charge on any atom is -0.324 e. The van der Waals surface area contributed by atoms with Gasteiger partial charge in [-0.05, 0) is 19.0 Å². The van der Waals surface area contributed by atoms with E-state index >= 15 is 0 Å². The van der Waals surface area contributed by atoms with Crippen molar-refractivity contribution >= 4 is 47.4 Å². The number of anilines is 1. The Morgan fingerprint density at radius 2 is 2.00 bits per heavy atom. The first-order valence-electron chi connectivity index (χ1n) is 7.06. The molecular weight excluding hydrogens is 357 g/mol. The standard InChI is InChI=1S/C14H17N5O3.2ClH/c1-18-11-10(13(21)19(2)14(18)22)5-9(7-16-11)17-12(20)8-3-4-15-6-8;;/h5,7-8,15H,3-4,6H2,1-2H3,(H,17,20);2*1H. The summed E-state index contributed by atoms with van der Waals surface area (Å²) in [5, 5.41) is 6.21. The van der Waals surface area contributed by atoms with Crippen LogP contribution in [0.4, 0.5) is 5.69 Å². The van der Waals surface area contributed by atoms with Gasteiger partial charge in [-0.3, -0.25) is 18.7 Å². The number of carbonyl (C=O) groups excluding carboxylic acids is 1. The van der Waals surface area contributed by atoms with Gasteiger partial charge in [0.15, 0.2) is 0 Å². The van der Waals surface area contributed by atoms with Gasteiger partial charge in [-0.1, -0.05) is 0 Å². The van der Waals surface area contributed by atoms with Crippen LogP contribution in [0.15, 0.2) is 21.9 Å². The molecule has 0 bridgehead atoms. The highest BCUT2D eigenvalue weighted by Gasteiger charge is 2.22. The van der Waals surface area contributed by atoms with Crippen molar-refractivity contribution in [3.63, 3.8) is 0 Å². The fourth-order valence-corrected chi connectivity index (χ4v) is 2.66. The lowest BCUT2D eigenvalue weighted by atomic mass is 10.1. The highest BCUT2D eigenvalue weighted by molar-refractivity contribution is 5.94. The van der Waals surface area contributed by atoms with Gasteiger partial charge in [0.05, 0.1) is 23.2 Å². The Labute approximate surface area is 150 Å². The van der Waals surface area contributed by atoms with Gasteiger partial charge in [-0.15, -0.1) is 24.8 Å². The molecule has 2 aromatic heterocycles. The van der Waals surface area contributed by atoms with Crippen LogP contribution in [0.1, 0.15) is 6.42 Å². The Balaban J connectivity index is 0.00000144. The van der Waals surface area contributed by atoms with Gasteiger partial charge in [0.25, 0.3) is 5.56 Å². The third-order valence-corrected chi connectivity index (χ3v) is 3.99. The van der Waals surface area contributed by atoms with Crippen LogP contribution in [-0.4, -0.2) is 33.1 Å². The molecule has 0 spiro atoms. The first-order chi connectivity index (χ1) is 10.5. The van der Waals surface area contributed by atoms with E-state index < -0.39 is 11.2 Å². The lowest BCUT2D eigenvalue weighted by Gasteiger charge is -2.11. The number of nitrogens with one attached hydrogen (secondary N) is 2. The van der Waals surface area contributed by atoms with E-state index in [1.165, 1.54) is 17.8 Å². The molecule has 2 aromatic rings. The summed E-state index contributed by atoms with van der Waals surface area (Å²) in [4.78, 5) is 40.3. The topological polar surface area (TPSA) is 98.0 Å². The number of halogens is 2. The van der Waals surface area contributed by atoms with Gasteiger partial charge in [-0.2, -0.15) is 0 Å². The van der Waals surface area contributed by atoms with Gasteiger partial charge >= 0.3 is 5.69 Å². The Kier molecular flexibility index (Phi) is 6.53. The number of carbonyl (C=O) groups is 1. The largest absolute Gasteiger partial charge is 0.332 e. The van der Waals surface area contributed by atoms with Crippen LogP contribution < -0.4 is 21.9 Å². The summed E-state index contributed by atoms with van der Waals surface area (Å²) in [6, 6.07) is 1.56. The molecule has 1 amide bonds. The normalized spacial score (nSPS) is 16.3. The van der Waals surface area contributed by atoms with Crippen LogP contribution in [0.5, 0.6) is 0 Å². The number of aryl methyl sites for hydroxylation is 1. The van der Waals surface area contributed by atoms with Gasteiger partial charge in [-0.25, -0.2) is 9.78 Å². The van der Waals surface area contributed by atoms with E-state index in [1.807, 2.05) is 0 Å². The molecule has 24 heavy (non-hydrogen) atoms. The van der Waals surface area contributed by atoms with Gasteiger partial charge in [0.2, 0.25) is 5.91 Å². The summed E-state index contributed by atoms with van der Waals surface area (Å²) < 4.78 is 2.33. The third-order valence-electron chi connectivity index (χ3n) is 3.99. The van der Waals surface area contributed by atoms with Crippen LogP contribution in [0.2, 0.25) is 0 Å². The number of hydrogen-bond donors (Lipinski definition) is 2. The second-order valence-electron chi connectivity index (χ2n) is 5.48. The van der Waals surface area contributed by atoms with E-state index in [0.717, 1.165) is 17.5 Å². The molecule has 0 aliphatic carbocycles. The second kappa shape index (κ2) is 7.78. The van der Waals surface area contributed by atoms with E-state index in [4.69, 9.17) is 0 Å². The van der Waals surface area contributed by atoms with E-state index in [9.17, 15) is 14.4 Å². The van der Waals surface area contributed by atoms with Crippen molar-refractivity contribution in [2.45, 2.75) is 6.42 Å². The highest BCUT2D eigenvalue weighted by Crippen LogP contribution is 2.15. The third kappa shape index (κ3) is 3.45. The van der Waals surface area contributed by atoms with Crippen molar-refractivity contribution in [1.82, 2.24) is 19.4 Å². The number of nitrogens with zero attached hydrogens (tertiary/aromatic N) is 3. The Morgan fingerprint density at radius 1 is 1.29 bits per heavy atom. The Morgan fingerprint density at radius 3 is 2.62 bits per heavy atom. The zero-order valence-electron chi connectivity index (χ0n) is 13.2. The number of hydrogen-bond acceptors (Lipinski definition) is 5. The minimum absolute atomic E-state index is 0. The predicted molar refractivity (Wildman–Crippen MR) is 96.3 cm³/mol. The molecule has 1 fully saturated rings. The number of fused-ring (bicyclic) bond motifs is 1. The summed E-state index contributed by atoms with van der Waals surface area (Å²) in [6.45, 7) is 1.49. The zero-order valence-corrected chi connectivity index (χ0v) is 14.9. The predicted octanol–water partition coefficient (Wildman–Crippen LogP) is 0.0238. The van der Waals surface area contributed by atoms with E-state index in [0.29, 0.717) is 23.3 Å². The van der Waals surface area contributed by atoms with Gasteiger partial charge in [0.1, 0.15) is 5.65 Å². The summed E-state index contributed by atoms with van der Waals surface area (Å²) in [5.74, 6) is -0.161. The molecule has 2 N–H and O–H groups in total. The lowest BCUT2D eigenvalue weighted by molar-refractivity contribution is -0.119. The van der Waals surface area contributed by atoms with Crippen molar-refractivity contribution < 1.29 is 4.79 Å². The SMILES string of the molecule is Cl.Cl.Cn1c(=O)c2cc(NC(=O)C3CCNC3)cnc2n(C)c1=O. The molecule has 1 aliphatic rings. The van der Waals surface area contributed by atoms with Crippen LogP contribution >= 0.6 is 24.8 Å². The Hall–Kier alpha value is -1.90. The fraction of sp³-hybridized carbons (Fsp3) is 0.429. The first-order valence-corrected chi connectivity index (χ1v) is 7.06. The average Bonchev–Trinajstić information content (AvgIpc) is 3.05. The molecule has 8 nitrogen and oxygen atoms in total. The molecule has 1 atom stereocenters. The molecule has 132 valence electrons. The summed E-state index contributed by atoms with van der Waals surface area (Å²) in [5.41, 5.74) is -0.100. The molecule has 10 heteroatoms. The van der Waals surface area contributed by atoms with Crippen molar-refractivity contribution in [3.8, 4) is 0 Å². The molecule has 0 aromatic carbocycles. The van der Waals surface area contributed by atoms with E-state index in [1.54, 1.807) is 13.1 Å². The maximum absolute atomic E-state index is 12.2. The molecule has 0 saturated carbocycles. The Bertz CT molecular complexity index is 871. The van der Waals surface area contributed by atoms with Crippen LogP contribution in [0.25, 0.3) is 11.0 Å². The quantitative estimate of drug-likeness (QED) is 0.771. The molecule has 3 heterocycles. The molecule has 1 unspecified atom stereocenters. The molecule has 0 radical (unpaired) electrons. The minimum atomic E-state index is -0.432. The number of rotatable bonds is 2. The molecule has 3 rings (SSSR count). The van der Waals surface area contributed by atoms with Gasteiger partial charge in [0, 0.05) is 20.6 Å². The number of aromatic nitrogens is 3. The zero-order chi connectivity index (χ0) is 15.9. The molecular formula is C14H19Cl2N5O3. The van der Waals surface area contributed by atoms with Crippen LogP contribution in [-0.2, 0) is 18.9 Å². The fourth-order valence-electron chi connectivity index (χ4n) is 2.66. The van der Waals surface area contributed by atoms with Crippen LogP contribution in [0.3, 0.4) is 0 Å². The first kappa shape index (κ1) is 20.1. The van der Waals surface area contributed by atoms with E-state index in [2.05, 4.69) is 15.6 Å². The average molecular weight is 376 g/mol. The monoisotopic (exact) mass is 375 g/mol. The maximum Gasteiger partial charge on any atom is 0.332 e. The van der Waals surface area contributed by atoms with Crippen molar-refractivity contribution in [2.24, 2.45) is 20.0 Å². The van der Waals surface area contributed by atoms with Crippen molar-refractivity contribution in [3.05, 3.63) is 33.1 Å². The second-order valence-corrected chi connectivity index (χ2v) is 5.48. The number of amides is 1. The summed E-state index contributed by atoms with van der Waals surface area (Å²) in [6.07, 6.45) is 2.25. The van der Waals surface area contributed by atoms with Crippen molar-refractivity contribution in [1.29, 1.82) is 0 Å².